The second-order valence-electron chi connectivity index (χ2n) is 4.96. The smallest absolute Gasteiger partial charge is 0.205 e. The van der Waals surface area contributed by atoms with Gasteiger partial charge in [-0.2, -0.15) is 30.7 Å². The summed E-state index contributed by atoms with van der Waals surface area (Å²) in [5.74, 6) is -15.1. The quantitative estimate of drug-likeness (QED) is 0.632. The van der Waals surface area contributed by atoms with Crippen molar-refractivity contribution in [2.75, 3.05) is 0 Å². The molecule has 0 aliphatic rings. The van der Waals surface area contributed by atoms with Crippen molar-refractivity contribution in [1.29, 1.82) is 0 Å². The standard InChI is InChI=1S/C10H12F8/c1-7(2,3)5-4-6(11)8(12,13)9(14,15)10(16,17)18/h4H,5H2,1-3H3/b6-4-. The fourth-order valence-electron chi connectivity index (χ4n) is 0.852. The lowest BCUT2D eigenvalue weighted by molar-refractivity contribution is -0.347. The maximum Gasteiger partial charge on any atom is 0.460 e. The Morgan fingerprint density at radius 3 is 1.56 bits per heavy atom. The van der Waals surface area contributed by atoms with E-state index in [1.807, 2.05) is 0 Å². The van der Waals surface area contributed by atoms with E-state index in [-0.39, 0.29) is 6.08 Å². The van der Waals surface area contributed by atoms with Crippen molar-refractivity contribution in [3.05, 3.63) is 11.9 Å². The van der Waals surface area contributed by atoms with Gasteiger partial charge in [-0.15, -0.1) is 0 Å². The summed E-state index contributed by atoms with van der Waals surface area (Å²) < 4.78 is 98.4. The van der Waals surface area contributed by atoms with Crippen molar-refractivity contribution in [2.45, 2.75) is 45.2 Å². The molecule has 0 unspecified atom stereocenters. The molecule has 0 aromatic carbocycles. The predicted octanol–water partition coefficient (Wildman–Crippen LogP) is 5.11. The summed E-state index contributed by atoms with van der Waals surface area (Å²) in [6.07, 6.45) is -6.87. The van der Waals surface area contributed by atoms with Crippen molar-refractivity contribution < 1.29 is 35.1 Å². The first-order valence-electron chi connectivity index (χ1n) is 4.81. The highest BCUT2D eigenvalue weighted by Gasteiger charge is 2.74. The zero-order chi connectivity index (χ0) is 15.0. The average Bonchev–Trinajstić information content (AvgIpc) is 2.10. The van der Waals surface area contributed by atoms with E-state index in [9.17, 15) is 35.1 Å². The van der Waals surface area contributed by atoms with E-state index >= 15 is 0 Å². The Bertz CT molecular complexity index is 318. The lowest BCUT2D eigenvalue weighted by Crippen LogP contribution is -2.52. The van der Waals surface area contributed by atoms with E-state index in [2.05, 4.69) is 0 Å². The molecule has 8 heteroatoms. The van der Waals surface area contributed by atoms with E-state index in [0.717, 1.165) is 0 Å². The summed E-state index contributed by atoms with van der Waals surface area (Å²) in [7, 11) is 0. The second kappa shape index (κ2) is 4.70. The summed E-state index contributed by atoms with van der Waals surface area (Å²) in [6, 6.07) is 0. The van der Waals surface area contributed by atoms with Crippen LogP contribution >= 0.6 is 0 Å². The lowest BCUT2D eigenvalue weighted by Gasteiger charge is -2.27. The molecule has 0 saturated carbocycles. The van der Waals surface area contributed by atoms with Gasteiger partial charge in [-0.25, -0.2) is 4.39 Å². The molecule has 0 aromatic rings. The number of alkyl halides is 7. The van der Waals surface area contributed by atoms with Crippen molar-refractivity contribution in [1.82, 2.24) is 0 Å². The van der Waals surface area contributed by atoms with Crippen molar-refractivity contribution >= 4 is 0 Å². The van der Waals surface area contributed by atoms with Crippen LogP contribution in [0.1, 0.15) is 27.2 Å². The number of rotatable bonds is 3. The van der Waals surface area contributed by atoms with Gasteiger partial charge in [-0.3, -0.25) is 0 Å². The molecular weight excluding hydrogens is 272 g/mol. The fraction of sp³-hybridized carbons (Fsp3) is 0.800. The maximum absolute atomic E-state index is 12.9. The fourth-order valence-corrected chi connectivity index (χ4v) is 0.852. The van der Waals surface area contributed by atoms with E-state index in [0.29, 0.717) is 0 Å². The van der Waals surface area contributed by atoms with Crippen LogP contribution in [0.4, 0.5) is 35.1 Å². The molecule has 0 N–H and O–H groups in total. The van der Waals surface area contributed by atoms with Gasteiger partial charge < -0.3 is 0 Å². The normalized spacial score (nSPS) is 16.1. The summed E-state index contributed by atoms with van der Waals surface area (Å²) in [6.45, 7) is 4.45. The second-order valence-corrected chi connectivity index (χ2v) is 4.96. The molecule has 0 nitrogen and oxygen atoms in total. The molecular formula is C10H12F8. The number of halogens is 8. The third-order valence-electron chi connectivity index (χ3n) is 1.94. The van der Waals surface area contributed by atoms with Crippen LogP contribution in [0.3, 0.4) is 0 Å². The Morgan fingerprint density at radius 1 is 0.889 bits per heavy atom. The van der Waals surface area contributed by atoms with Crippen molar-refractivity contribution in [3.8, 4) is 0 Å². The molecule has 0 heterocycles. The number of allylic oxidation sites excluding steroid dienone is 2. The molecule has 0 spiro atoms. The maximum atomic E-state index is 12.9. The van der Waals surface area contributed by atoms with Gasteiger partial charge in [-0.05, 0) is 17.9 Å². The Balaban J connectivity index is 5.27. The first-order valence-corrected chi connectivity index (χ1v) is 4.81. The highest BCUT2D eigenvalue weighted by Crippen LogP contribution is 2.50. The molecule has 0 saturated heterocycles. The Hall–Kier alpha value is -0.820. The van der Waals surface area contributed by atoms with Gasteiger partial charge in [0.25, 0.3) is 0 Å². The van der Waals surface area contributed by atoms with Crippen LogP contribution in [-0.2, 0) is 0 Å². The Labute approximate surface area is 98.7 Å². The van der Waals surface area contributed by atoms with Gasteiger partial charge in [0, 0.05) is 0 Å². The van der Waals surface area contributed by atoms with Crippen LogP contribution in [0.2, 0.25) is 0 Å². The molecule has 18 heavy (non-hydrogen) atoms. The third kappa shape index (κ3) is 3.58. The molecule has 0 amide bonds. The topological polar surface area (TPSA) is 0 Å². The van der Waals surface area contributed by atoms with E-state index < -0.39 is 35.7 Å². The zero-order valence-electron chi connectivity index (χ0n) is 9.81. The molecule has 0 aliphatic carbocycles. The van der Waals surface area contributed by atoms with E-state index in [4.69, 9.17) is 0 Å². The number of hydrogen-bond donors (Lipinski definition) is 0. The Kier molecular flexibility index (Phi) is 4.48. The van der Waals surface area contributed by atoms with Crippen molar-refractivity contribution in [2.24, 2.45) is 5.41 Å². The number of hydrogen-bond acceptors (Lipinski definition) is 0. The van der Waals surface area contributed by atoms with Gasteiger partial charge >= 0.3 is 18.0 Å². The van der Waals surface area contributed by atoms with Gasteiger partial charge in [0.1, 0.15) is 0 Å². The molecule has 0 radical (unpaired) electrons. The molecule has 108 valence electrons. The van der Waals surface area contributed by atoms with Gasteiger partial charge in [-0.1, -0.05) is 20.8 Å². The Morgan fingerprint density at radius 2 is 1.28 bits per heavy atom. The minimum absolute atomic E-state index is 0.0552. The molecule has 0 fully saturated rings. The van der Waals surface area contributed by atoms with Crippen LogP contribution in [0.25, 0.3) is 0 Å². The highest BCUT2D eigenvalue weighted by atomic mass is 19.4. The van der Waals surface area contributed by atoms with Gasteiger partial charge in [0.05, 0.1) is 0 Å². The molecule has 0 bridgehead atoms. The predicted molar refractivity (Wildman–Crippen MR) is 49.2 cm³/mol. The lowest BCUT2D eigenvalue weighted by atomic mass is 9.91. The summed E-state index contributed by atoms with van der Waals surface area (Å²) >= 11 is 0. The van der Waals surface area contributed by atoms with Gasteiger partial charge in [0.2, 0.25) is 0 Å². The average molecular weight is 284 g/mol. The minimum Gasteiger partial charge on any atom is -0.205 e. The largest absolute Gasteiger partial charge is 0.460 e. The first kappa shape index (κ1) is 17.2. The SMILES string of the molecule is CC(C)(C)C/C=C(\F)C(F)(F)C(F)(F)C(F)(F)F. The molecule has 0 rings (SSSR count). The van der Waals surface area contributed by atoms with E-state index in [1.54, 1.807) is 0 Å². The summed E-state index contributed by atoms with van der Waals surface area (Å²) in [5, 5.41) is 0. The van der Waals surface area contributed by atoms with Crippen molar-refractivity contribution in [3.63, 3.8) is 0 Å². The zero-order valence-corrected chi connectivity index (χ0v) is 9.81. The summed E-state index contributed by atoms with van der Waals surface area (Å²) in [4.78, 5) is 0. The molecule has 0 atom stereocenters. The molecule has 0 aromatic heterocycles. The monoisotopic (exact) mass is 284 g/mol. The van der Waals surface area contributed by atoms with Crippen LogP contribution in [0, 0.1) is 5.41 Å². The summed E-state index contributed by atoms with van der Waals surface area (Å²) in [5.41, 5.74) is -0.721. The van der Waals surface area contributed by atoms with Crippen LogP contribution in [-0.4, -0.2) is 18.0 Å². The highest BCUT2D eigenvalue weighted by molar-refractivity contribution is 5.13. The van der Waals surface area contributed by atoms with Crippen LogP contribution < -0.4 is 0 Å². The first-order chi connectivity index (χ1) is 7.63. The minimum atomic E-state index is -6.52. The van der Waals surface area contributed by atoms with Gasteiger partial charge in [0.15, 0.2) is 5.83 Å². The van der Waals surface area contributed by atoms with E-state index in [1.165, 1.54) is 20.8 Å². The molecule has 0 aliphatic heterocycles. The van der Waals surface area contributed by atoms with Crippen LogP contribution in [0.5, 0.6) is 0 Å². The van der Waals surface area contributed by atoms with Crippen LogP contribution in [0.15, 0.2) is 11.9 Å². The third-order valence-corrected chi connectivity index (χ3v) is 1.94.